The molecule has 0 aliphatic heterocycles. The second kappa shape index (κ2) is 9.27. The molecule has 1 heteroatoms. The second-order valence-electron chi connectivity index (χ2n) is 0.333. The Bertz CT molecular complexity index is 10.8. The summed E-state index contributed by atoms with van der Waals surface area (Å²) in [6.45, 7) is 6.50. The van der Waals surface area contributed by atoms with Gasteiger partial charge in [-0.3, -0.25) is 6.08 Å². The molecule has 0 rings (SSSR count). The maximum Gasteiger partial charge on any atom is 1.00 e. The SMILES string of the molecule is [CH-]=CC.[Na+]. The van der Waals surface area contributed by atoms with Gasteiger partial charge >= 0.3 is 29.6 Å². The van der Waals surface area contributed by atoms with Crippen LogP contribution in [0.1, 0.15) is 6.92 Å². The van der Waals surface area contributed by atoms with E-state index in [1.807, 2.05) is 0 Å². The fourth-order valence-corrected chi connectivity index (χ4v) is 0. The van der Waals surface area contributed by atoms with Crippen molar-refractivity contribution in [1.82, 2.24) is 0 Å². The summed E-state index contributed by atoms with van der Waals surface area (Å²) in [5.74, 6) is 0. The van der Waals surface area contributed by atoms with Crippen LogP contribution in [-0.4, -0.2) is 0 Å². The molecule has 0 atom stereocenters. The van der Waals surface area contributed by atoms with Crippen molar-refractivity contribution in [3.8, 4) is 0 Å². The van der Waals surface area contributed by atoms with E-state index in [0.29, 0.717) is 0 Å². The zero-order chi connectivity index (χ0) is 2.71. The van der Waals surface area contributed by atoms with Crippen molar-refractivity contribution in [2.24, 2.45) is 0 Å². The van der Waals surface area contributed by atoms with Gasteiger partial charge < -0.3 is 6.58 Å². The van der Waals surface area contributed by atoms with Gasteiger partial charge in [-0.1, -0.05) is 6.92 Å². The molecule has 0 unspecified atom stereocenters. The Morgan fingerprint density at radius 1 is 1.75 bits per heavy atom. The quantitative estimate of drug-likeness (QED) is 0.226. The summed E-state index contributed by atoms with van der Waals surface area (Å²) in [5.41, 5.74) is 0. The minimum absolute atomic E-state index is 0. The van der Waals surface area contributed by atoms with Crippen molar-refractivity contribution in [2.45, 2.75) is 6.92 Å². The van der Waals surface area contributed by atoms with Crippen LogP contribution in [0.25, 0.3) is 0 Å². The van der Waals surface area contributed by atoms with Crippen LogP contribution in [0.3, 0.4) is 0 Å². The third-order valence-electron chi connectivity index (χ3n) is 0. The van der Waals surface area contributed by atoms with Crippen molar-refractivity contribution in [1.29, 1.82) is 0 Å². The van der Waals surface area contributed by atoms with Gasteiger partial charge in [-0.25, -0.2) is 0 Å². The molecule has 4 heavy (non-hydrogen) atoms. The fraction of sp³-hybridized carbons (Fsp3) is 0.333. The molecule has 0 radical (unpaired) electrons. The van der Waals surface area contributed by atoms with Gasteiger partial charge in [0.1, 0.15) is 0 Å². The molecule has 0 fully saturated rings. The fourth-order valence-electron chi connectivity index (χ4n) is 0. The Morgan fingerprint density at radius 3 is 1.75 bits per heavy atom. The summed E-state index contributed by atoms with van der Waals surface area (Å²) in [5, 5.41) is 0. The van der Waals surface area contributed by atoms with Gasteiger partial charge in [0.05, 0.1) is 0 Å². The third kappa shape index (κ3) is 15.1. The molecule has 0 N–H and O–H groups in total. The summed E-state index contributed by atoms with van der Waals surface area (Å²) >= 11 is 0. The molecule has 0 aromatic rings. The average molecular weight is 64.1 g/mol. The largest absolute Gasteiger partial charge is 1.00 e. The summed E-state index contributed by atoms with van der Waals surface area (Å²) in [7, 11) is 0. The van der Waals surface area contributed by atoms with Crippen LogP contribution >= 0.6 is 0 Å². The topological polar surface area (TPSA) is 0 Å². The summed E-state index contributed by atoms with van der Waals surface area (Å²) in [6.07, 6.45) is 1.50. The van der Waals surface area contributed by atoms with Crippen molar-refractivity contribution in [2.75, 3.05) is 0 Å². The zero-order valence-electron chi connectivity index (χ0n) is 3.15. The van der Waals surface area contributed by atoms with Crippen molar-refractivity contribution < 1.29 is 29.6 Å². The smallest absolute Gasteiger partial charge is 0.518 e. The minimum atomic E-state index is 0. The Morgan fingerprint density at radius 2 is 1.75 bits per heavy atom. The van der Waals surface area contributed by atoms with Crippen LogP contribution in [0.5, 0.6) is 0 Å². The standard InChI is InChI=1S/C3H5.Na/c1-3-2;/h1,3H,2H3;/q-1;+1. The summed E-state index contributed by atoms with van der Waals surface area (Å²) in [4.78, 5) is 0. The van der Waals surface area contributed by atoms with Crippen LogP contribution in [0.2, 0.25) is 0 Å². The van der Waals surface area contributed by atoms with Gasteiger partial charge in [0.25, 0.3) is 0 Å². The van der Waals surface area contributed by atoms with Gasteiger partial charge in [-0.2, -0.15) is 0 Å². The maximum atomic E-state index is 4.72. The van der Waals surface area contributed by atoms with Crippen LogP contribution < -0.4 is 29.6 Å². The van der Waals surface area contributed by atoms with Crippen LogP contribution in [-0.2, 0) is 0 Å². The van der Waals surface area contributed by atoms with Crippen LogP contribution in [0, 0.1) is 6.58 Å². The average Bonchev–Trinajstić information content (AvgIpc) is 0.918. The van der Waals surface area contributed by atoms with Crippen LogP contribution in [0.15, 0.2) is 6.08 Å². The van der Waals surface area contributed by atoms with E-state index in [0.717, 1.165) is 0 Å². The number of hydrogen-bond donors (Lipinski definition) is 0. The third-order valence-corrected chi connectivity index (χ3v) is 0. The predicted molar refractivity (Wildman–Crippen MR) is 14.5 cm³/mol. The maximum absolute atomic E-state index is 4.72. The van der Waals surface area contributed by atoms with Gasteiger partial charge in [-0.15, -0.1) is 0 Å². The van der Waals surface area contributed by atoms with Gasteiger partial charge in [0.2, 0.25) is 0 Å². The molecule has 0 spiro atoms. The molecule has 0 aliphatic rings. The van der Waals surface area contributed by atoms with Crippen molar-refractivity contribution in [3.05, 3.63) is 12.7 Å². The molecule has 0 amide bonds. The monoisotopic (exact) mass is 64.0 g/mol. The Balaban J connectivity index is 0. The molecule has 0 saturated carbocycles. The number of allylic oxidation sites excluding steroid dienone is 1. The molecule has 0 aromatic carbocycles. The summed E-state index contributed by atoms with van der Waals surface area (Å²) < 4.78 is 0. The van der Waals surface area contributed by atoms with E-state index in [1.54, 1.807) is 6.92 Å². The molecule has 0 aromatic heterocycles. The molecule has 0 heterocycles. The van der Waals surface area contributed by atoms with E-state index in [-0.39, 0.29) is 29.6 Å². The van der Waals surface area contributed by atoms with Crippen LogP contribution in [0.4, 0.5) is 0 Å². The molecule has 0 nitrogen and oxygen atoms in total. The Labute approximate surface area is 49.2 Å². The first-order valence-corrected chi connectivity index (χ1v) is 0.911. The molecular weight excluding hydrogens is 59.0 g/mol. The first-order valence-electron chi connectivity index (χ1n) is 0.911. The van der Waals surface area contributed by atoms with Crippen molar-refractivity contribution >= 4 is 0 Å². The van der Waals surface area contributed by atoms with E-state index in [2.05, 4.69) is 0 Å². The first kappa shape index (κ1) is 8.83. The van der Waals surface area contributed by atoms with Gasteiger partial charge in [-0.05, 0) is 0 Å². The van der Waals surface area contributed by atoms with E-state index in [9.17, 15) is 0 Å². The zero-order valence-corrected chi connectivity index (χ0v) is 5.15. The van der Waals surface area contributed by atoms with Gasteiger partial charge in [0, 0.05) is 0 Å². The normalized spacial score (nSPS) is 3.25. The molecule has 18 valence electrons. The number of hydrogen-bond acceptors (Lipinski definition) is 0. The van der Waals surface area contributed by atoms with E-state index in [4.69, 9.17) is 6.58 Å². The van der Waals surface area contributed by atoms with E-state index >= 15 is 0 Å². The minimum Gasteiger partial charge on any atom is -0.518 e. The van der Waals surface area contributed by atoms with E-state index in [1.165, 1.54) is 6.08 Å². The Kier molecular flexibility index (Phi) is 20.5. The first-order chi connectivity index (χ1) is 1.41. The summed E-state index contributed by atoms with van der Waals surface area (Å²) in [6, 6.07) is 0. The van der Waals surface area contributed by atoms with Gasteiger partial charge in [0.15, 0.2) is 0 Å². The Hall–Kier alpha value is 0.740. The number of rotatable bonds is 0. The molecule has 0 aliphatic carbocycles. The van der Waals surface area contributed by atoms with Crippen molar-refractivity contribution in [3.63, 3.8) is 0 Å². The second-order valence-corrected chi connectivity index (χ2v) is 0.333. The predicted octanol–water partition coefficient (Wildman–Crippen LogP) is -2.00. The van der Waals surface area contributed by atoms with E-state index < -0.39 is 0 Å². The molecular formula is C3H5Na. The molecule has 0 saturated heterocycles. The molecule has 0 bridgehead atoms.